The van der Waals surface area contributed by atoms with E-state index in [0.29, 0.717) is 18.0 Å². The summed E-state index contributed by atoms with van der Waals surface area (Å²) in [4.78, 5) is 6.76. The first-order valence-corrected chi connectivity index (χ1v) is 6.97. The molecule has 110 valence electrons. The molecular weight excluding hydrogens is 266 g/mol. The van der Waals surface area contributed by atoms with E-state index < -0.39 is 0 Å². The van der Waals surface area contributed by atoms with E-state index in [0.717, 1.165) is 24.5 Å². The second-order valence-corrected chi connectivity index (χ2v) is 4.86. The van der Waals surface area contributed by atoms with Crippen LogP contribution in [0.3, 0.4) is 0 Å². The fourth-order valence-electron chi connectivity index (χ4n) is 2.65. The van der Waals surface area contributed by atoms with Crippen LogP contribution in [0.15, 0.2) is 36.5 Å². The number of pyridine rings is 1. The van der Waals surface area contributed by atoms with Gasteiger partial charge in [-0.15, -0.1) is 0 Å². The van der Waals surface area contributed by atoms with Crippen LogP contribution in [0, 0.1) is 0 Å². The molecule has 5 heteroatoms. The Morgan fingerprint density at radius 2 is 2.05 bits per heavy atom. The summed E-state index contributed by atoms with van der Waals surface area (Å²) in [5, 5.41) is 3.41. The minimum absolute atomic E-state index is 0.694. The van der Waals surface area contributed by atoms with Gasteiger partial charge in [-0.05, 0) is 12.1 Å². The van der Waals surface area contributed by atoms with Crippen LogP contribution in [0.4, 0.5) is 11.4 Å². The first-order chi connectivity index (χ1) is 10.3. The number of ether oxygens (including phenoxy) is 2. The van der Waals surface area contributed by atoms with Crippen molar-refractivity contribution >= 4 is 11.4 Å². The average Bonchev–Trinajstić information content (AvgIpc) is 2.55. The van der Waals surface area contributed by atoms with Crippen molar-refractivity contribution in [2.24, 2.45) is 0 Å². The van der Waals surface area contributed by atoms with Crippen molar-refractivity contribution in [3.05, 3.63) is 42.2 Å². The monoisotopic (exact) mass is 285 g/mol. The number of benzene rings is 1. The Morgan fingerprint density at radius 1 is 1.19 bits per heavy atom. The lowest BCUT2D eigenvalue weighted by Crippen LogP contribution is -2.33. The number of aromatic nitrogens is 1. The summed E-state index contributed by atoms with van der Waals surface area (Å²) >= 11 is 0. The molecule has 0 spiro atoms. The Balaban J connectivity index is 1.92. The van der Waals surface area contributed by atoms with Gasteiger partial charge >= 0.3 is 0 Å². The summed E-state index contributed by atoms with van der Waals surface area (Å²) in [6.45, 7) is 2.54. The van der Waals surface area contributed by atoms with Crippen molar-refractivity contribution < 1.29 is 9.47 Å². The zero-order valence-electron chi connectivity index (χ0n) is 12.3. The highest BCUT2D eigenvalue weighted by atomic mass is 16.5. The molecule has 0 atom stereocenters. The lowest BCUT2D eigenvalue weighted by Gasteiger charge is -2.32. The topological polar surface area (TPSA) is 46.6 Å². The molecule has 0 saturated carbocycles. The quantitative estimate of drug-likeness (QED) is 0.935. The predicted molar refractivity (Wildman–Crippen MR) is 83.3 cm³/mol. The van der Waals surface area contributed by atoms with E-state index in [1.54, 1.807) is 20.4 Å². The Labute approximate surface area is 124 Å². The van der Waals surface area contributed by atoms with Crippen molar-refractivity contribution in [1.29, 1.82) is 0 Å². The van der Waals surface area contributed by atoms with Gasteiger partial charge in [-0.25, -0.2) is 0 Å². The molecular formula is C16H19N3O2. The highest BCUT2D eigenvalue weighted by Gasteiger charge is 2.19. The first-order valence-electron chi connectivity index (χ1n) is 6.97. The summed E-state index contributed by atoms with van der Waals surface area (Å²) in [7, 11) is 3.29. The molecule has 1 N–H and O–H groups in total. The molecule has 1 aromatic heterocycles. The molecule has 0 aliphatic carbocycles. The van der Waals surface area contributed by atoms with Crippen molar-refractivity contribution in [2.45, 2.75) is 6.54 Å². The van der Waals surface area contributed by atoms with Crippen LogP contribution in [0.25, 0.3) is 0 Å². The van der Waals surface area contributed by atoms with Gasteiger partial charge in [0, 0.05) is 25.4 Å². The van der Waals surface area contributed by atoms with Crippen molar-refractivity contribution in [3.8, 4) is 11.5 Å². The van der Waals surface area contributed by atoms with Crippen LogP contribution in [-0.4, -0.2) is 32.3 Å². The molecule has 5 nitrogen and oxygen atoms in total. The second kappa shape index (κ2) is 5.91. The zero-order chi connectivity index (χ0) is 14.7. The molecule has 0 bridgehead atoms. The normalized spacial score (nSPS) is 13.3. The molecule has 0 amide bonds. The average molecular weight is 285 g/mol. The van der Waals surface area contributed by atoms with E-state index in [9.17, 15) is 0 Å². The summed E-state index contributed by atoms with van der Waals surface area (Å²) in [6.07, 6.45) is 1.75. The van der Waals surface area contributed by atoms with Gasteiger partial charge < -0.3 is 19.7 Å². The van der Waals surface area contributed by atoms with Crippen LogP contribution >= 0.6 is 0 Å². The van der Waals surface area contributed by atoms with Crippen LogP contribution in [0.5, 0.6) is 11.5 Å². The fraction of sp³-hybridized carbons (Fsp3) is 0.312. The van der Waals surface area contributed by atoms with Crippen LogP contribution in [0.1, 0.15) is 5.69 Å². The summed E-state index contributed by atoms with van der Waals surface area (Å²) in [5.74, 6) is 1.42. The SMILES string of the molecule is COc1ccnc(CN2CCNc3ccccc32)c1OC. The second-order valence-electron chi connectivity index (χ2n) is 4.86. The number of hydrogen-bond donors (Lipinski definition) is 1. The van der Waals surface area contributed by atoms with Crippen LogP contribution < -0.4 is 19.7 Å². The third-order valence-corrected chi connectivity index (χ3v) is 3.65. The maximum absolute atomic E-state index is 5.47. The molecule has 0 fully saturated rings. The van der Waals surface area contributed by atoms with E-state index in [1.807, 2.05) is 12.1 Å². The number of nitrogens with one attached hydrogen (secondary N) is 1. The summed E-state index contributed by atoms with van der Waals surface area (Å²) < 4.78 is 10.8. The Morgan fingerprint density at radius 3 is 2.86 bits per heavy atom. The number of methoxy groups -OCH3 is 2. The fourth-order valence-corrected chi connectivity index (χ4v) is 2.65. The third-order valence-electron chi connectivity index (χ3n) is 3.65. The van der Waals surface area contributed by atoms with E-state index >= 15 is 0 Å². The number of para-hydroxylation sites is 2. The van der Waals surface area contributed by atoms with Gasteiger partial charge in [0.2, 0.25) is 0 Å². The smallest absolute Gasteiger partial charge is 0.184 e. The Bertz CT molecular complexity index is 631. The van der Waals surface area contributed by atoms with Crippen molar-refractivity contribution in [2.75, 3.05) is 37.5 Å². The molecule has 1 aliphatic rings. The molecule has 3 rings (SSSR count). The van der Waals surface area contributed by atoms with E-state index in [4.69, 9.17) is 9.47 Å². The molecule has 0 radical (unpaired) electrons. The molecule has 0 unspecified atom stereocenters. The maximum Gasteiger partial charge on any atom is 0.184 e. The maximum atomic E-state index is 5.47. The molecule has 1 aliphatic heterocycles. The van der Waals surface area contributed by atoms with Gasteiger partial charge in [-0.3, -0.25) is 4.98 Å². The summed E-state index contributed by atoms with van der Waals surface area (Å²) in [6, 6.07) is 10.1. The molecule has 1 aromatic carbocycles. The molecule has 2 heterocycles. The number of hydrogen-bond acceptors (Lipinski definition) is 5. The zero-order valence-corrected chi connectivity index (χ0v) is 12.3. The van der Waals surface area contributed by atoms with Crippen molar-refractivity contribution in [1.82, 2.24) is 4.98 Å². The molecule has 0 saturated heterocycles. The Hall–Kier alpha value is -2.43. The predicted octanol–water partition coefficient (Wildman–Crippen LogP) is 2.53. The van der Waals surface area contributed by atoms with Crippen LogP contribution in [-0.2, 0) is 6.54 Å². The lowest BCUT2D eigenvalue weighted by molar-refractivity contribution is 0.349. The van der Waals surface area contributed by atoms with Gasteiger partial charge in [0.1, 0.15) is 5.69 Å². The van der Waals surface area contributed by atoms with Gasteiger partial charge in [0.25, 0.3) is 0 Å². The number of anilines is 2. The minimum Gasteiger partial charge on any atom is -0.493 e. The van der Waals surface area contributed by atoms with Crippen molar-refractivity contribution in [3.63, 3.8) is 0 Å². The van der Waals surface area contributed by atoms with E-state index in [1.165, 1.54) is 5.69 Å². The van der Waals surface area contributed by atoms with E-state index in [2.05, 4.69) is 33.4 Å². The number of nitrogens with zero attached hydrogens (tertiary/aromatic N) is 2. The van der Waals surface area contributed by atoms with Gasteiger partial charge in [0.05, 0.1) is 32.1 Å². The lowest BCUT2D eigenvalue weighted by atomic mass is 10.2. The summed E-state index contributed by atoms with van der Waals surface area (Å²) in [5.41, 5.74) is 3.23. The van der Waals surface area contributed by atoms with Gasteiger partial charge in [0.15, 0.2) is 11.5 Å². The van der Waals surface area contributed by atoms with Crippen LogP contribution in [0.2, 0.25) is 0 Å². The molecule has 21 heavy (non-hydrogen) atoms. The largest absolute Gasteiger partial charge is 0.493 e. The standard InChI is InChI=1S/C16H19N3O2/c1-20-15-7-8-17-13(16(15)21-2)11-19-10-9-18-12-5-3-4-6-14(12)19/h3-8,18H,9-11H2,1-2H3. The number of rotatable bonds is 4. The number of fused-ring (bicyclic) bond motifs is 1. The minimum atomic E-state index is 0.694. The first kappa shape index (κ1) is 13.5. The Kier molecular flexibility index (Phi) is 3.81. The van der Waals surface area contributed by atoms with Gasteiger partial charge in [-0.1, -0.05) is 12.1 Å². The molecule has 2 aromatic rings. The van der Waals surface area contributed by atoms with Gasteiger partial charge in [-0.2, -0.15) is 0 Å². The highest BCUT2D eigenvalue weighted by Crippen LogP contribution is 2.33. The van der Waals surface area contributed by atoms with E-state index in [-0.39, 0.29) is 0 Å². The third kappa shape index (κ3) is 2.59. The highest BCUT2D eigenvalue weighted by molar-refractivity contribution is 5.72.